The van der Waals surface area contributed by atoms with Gasteiger partial charge in [0.25, 0.3) is 0 Å². The lowest BCUT2D eigenvalue weighted by Crippen LogP contribution is -2.46. The van der Waals surface area contributed by atoms with Gasteiger partial charge in [0, 0.05) is 19.1 Å². The molecule has 2 unspecified atom stereocenters. The Morgan fingerprint density at radius 3 is 3.00 bits per heavy atom. The van der Waals surface area contributed by atoms with Gasteiger partial charge in [0.1, 0.15) is 0 Å². The van der Waals surface area contributed by atoms with Gasteiger partial charge in [-0.15, -0.1) is 0 Å². The number of benzene rings is 1. The highest BCUT2D eigenvalue weighted by Gasteiger charge is 2.28. The van der Waals surface area contributed by atoms with E-state index in [1.165, 1.54) is 24.0 Å². The van der Waals surface area contributed by atoms with Crippen LogP contribution in [0.2, 0.25) is 0 Å². The number of rotatable bonds is 3. The van der Waals surface area contributed by atoms with E-state index < -0.39 is 0 Å². The average Bonchev–Trinajstić information content (AvgIpc) is 2.90. The zero-order valence-corrected chi connectivity index (χ0v) is 12.2. The van der Waals surface area contributed by atoms with Gasteiger partial charge in [-0.25, -0.2) is 4.98 Å². The molecule has 1 aromatic heterocycles. The Balaban J connectivity index is 1.87. The highest BCUT2D eigenvalue weighted by atomic mass is 32.1. The predicted octanol–water partition coefficient (Wildman–Crippen LogP) is 3.25. The first-order chi connectivity index (χ1) is 9.31. The van der Waals surface area contributed by atoms with Gasteiger partial charge in [-0.05, 0) is 30.9 Å². The quantitative estimate of drug-likeness (QED) is 0.935. The maximum absolute atomic E-state index is 5.98. The fourth-order valence-electron chi connectivity index (χ4n) is 2.96. The predicted molar refractivity (Wildman–Crippen MR) is 82.8 cm³/mol. The molecule has 2 N–H and O–H groups in total. The van der Waals surface area contributed by atoms with Gasteiger partial charge >= 0.3 is 0 Å². The van der Waals surface area contributed by atoms with Crippen LogP contribution in [0.1, 0.15) is 26.2 Å². The second kappa shape index (κ2) is 5.47. The molecule has 1 aliphatic heterocycles. The number of thiazole rings is 1. The molecule has 1 aromatic carbocycles. The van der Waals surface area contributed by atoms with E-state index in [9.17, 15) is 0 Å². The van der Waals surface area contributed by atoms with Gasteiger partial charge in [-0.1, -0.05) is 36.8 Å². The summed E-state index contributed by atoms with van der Waals surface area (Å²) in [6.45, 7) is 4.11. The Labute approximate surface area is 118 Å². The number of anilines is 1. The smallest absolute Gasteiger partial charge is 0.186 e. The monoisotopic (exact) mass is 275 g/mol. The number of hydrogen-bond acceptors (Lipinski definition) is 4. The molecule has 102 valence electrons. The first-order valence-corrected chi connectivity index (χ1v) is 7.95. The summed E-state index contributed by atoms with van der Waals surface area (Å²) in [6.07, 6.45) is 3.75. The summed E-state index contributed by atoms with van der Waals surface area (Å²) in [7, 11) is 0. The molecular formula is C15H21N3S. The van der Waals surface area contributed by atoms with Crippen LogP contribution >= 0.6 is 11.3 Å². The molecule has 1 fully saturated rings. The first-order valence-electron chi connectivity index (χ1n) is 7.14. The molecule has 2 heterocycles. The van der Waals surface area contributed by atoms with Gasteiger partial charge in [-0.3, -0.25) is 0 Å². The van der Waals surface area contributed by atoms with E-state index >= 15 is 0 Å². The zero-order chi connectivity index (χ0) is 13.2. The van der Waals surface area contributed by atoms with E-state index in [1.807, 2.05) is 0 Å². The summed E-state index contributed by atoms with van der Waals surface area (Å²) in [5.74, 6) is 0.833. The summed E-state index contributed by atoms with van der Waals surface area (Å²) in [5, 5.41) is 1.14. The molecule has 0 amide bonds. The van der Waals surface area contributed by atoms with E-state index in [-0.39, 0.29) is 0 Å². The molecule has 3 rings (SSSR count). The molecule has 0 saturated carbocycles. The molecule has 2 atom stereocenters. The number of para-hydroxylation sites is 1. The Kier molecular flexibility index (Phi) is 3.71. The Bertz CT molecular complexity index is 518. The largest absolute Gasteiger partial charge is 0.344 e. The Morgan fingerprint density at radius 1 is 1.42 bits per heavy atom. The second-order valence-electron chi connectivity index (χ2n) is 5.35. The summed E-state index contributed by atoms with van der Waals surface area (Å²) in [5.41, 5.74) is 7.08. The Morgan fingerprint density at radius 2 is 2.26 bits per heavy atom. The number of piperidine rings is 1. The second-order valence-corrected chi connectivity index (χ2v) is 6.35. The molecular weight excluding hydrogens is 254 g/mol. The minimum absolute atomic E-state index is 0.458. The van der Waals surface area contributed by atoms with Crippen LogP contribution in [0, 0.1) is 5.92 Å². The van der Waals surface area contributed by atoms with Gasteiger partial charge in [0.2, 0.25) is 0 Å². The lowest BCUT2D eigenvalue weighted by Gasteiger charge is -2.38. The van der Waals surface area contributed by atoms with Gasteiger partial charge < -0.3 is 10.6 Å². The Hall–Kier alpha value is -1.13. The third-order valence-corrected chi connectivity index (χ3v) is 5.28. The van der Waals surface area contributed by atoms with E-state index in [0.29, 0.717) is 6.04 Å². The number of aromatic nitrogens is 1. The van der Waals surface area contributed by atoms with Crippen molar-refractivity contribution >= 4 is 26.7 Å². The third kappa shape index (κ3) is 2.47. The maximum atomic E-state index is 5.98. The summed E-state index contributed by atoms with van der Waals surface area (Å²) < 4.78 is 1.27. The van der Waals surface area contributed by atoms with Crippen molar-refractivity contribution in [1.82, 2.24) is 4.98 Å². The van der Waals surface area contributed by atoms with Crippen molar-refractivity contribution in [3.63, 3.8) is 0 Å². The molecule has 4 heteroatoms. The molecule has 1 saturated heterocycles. The lowest BCUT2D eigenvalue weighted by atomic mass is 9.89. The van der Waals surface area contributed by atoms with E-state index in [4.69, 9.17) is 10.7 Å². The third-order valence-electron chi connectivity index (χ3n) is 4.20. The van der Waals surface area contributed by atoms with Crippen molar-refractivity contribution in [2.45, 2.75) is 32.2 Å². The van der Waals surface area contributed by atoms with Crippen LogP contribution in [0.5, 0.6) is 0 Å². The molecule has 2 aromatic rings. The zero-order valence-electron chi connectivity index (χ0n) is 11.4. The highest BCUT2D eigenvalue weighted by Crippen LogP contribution is 2.34. The van der Waals surface area contributed by atoms with Crippen LogP contribution < -0.4 is 10.6 Å². The van der Waals surface area contributed by atoms with Gasteiger partial charge in [0.15, 0.2) is 5.13 Å². The van der Waals surface area contributed by atoms with Crippen molar-refractivity contribution in [1.29, 1.82) is 0 Å². The first kappa shape index (κ1) is 12.9. The molecule has 0 radical (unpaired) electrons. The molecule has 0 aliphatic carbocycles. The van der Waals surface area contributed by atoms with E-state index in [1.54, 1.807) is 11.3 Å². The fraction of sp³-hybridized carbons (Fsp3) is 0.533. The van der Waals surface area contributed by atoms with Crippen LogP contribution in [0.15, 0.2) is 24.3 Å². The van der Waals surface area contributed by atoms with Gasteiger partial charge in [-0.2, -0.15) is 0 Å². The minimum Gasteiger partial charge on any atom is -0.344 e. The molecule has 0 bridgehead atoms. The topological polar surface area (TPSA) is 42.2 Å². The summed E-state index contributed by atoms with van der Waals surface area (Å²) in [6, 6.07) is 8.82. The van der Waals surface area contributed by atoms with Crippen LogP contribution in [-0.2, 0) is 0 Å². The van der Waals surface area contributed by atoms with Crippen LogP contribution in [0.4, 0.5) is 5.13 Å². The van der Waals surface area contributed by atoms with Gasteiger partial charge in [0.05, 0.1) is 10.2 Å². The number of fused-ring (bicyclic) bond motifs is 1. The average molecular weight is 275 g/mol. The van der Waals surface area contributed by atoms with Crippen molar-refractivity contribution in [3.8, 4) is 0 Å². The maximum Gasteiger partial charge on any atom is 0.186 e. The van der Waals surface area contributed by atoms with Crippen LogP contribution in [0.25, 0.3) is 10.2 Å². The van der Waals surface area contributed by atoms with E-state index in [0.717, 1.165) is 29.7 Å². The number of hydrogen-bond donors (Lipinski definition) is 1. The standard InChI is InChI=1S/C15H21N3S/c1-2-11-7-8-18(12(9-11)10-16)15-17-13-5-3-4-6-14(13)19-15/h3-6,11-12H,2,7-10,16H2,1H3. The highest BCUT2D eigenvalue weighted by molar-refractivity contribution is 7.22. The van der Waals surface area contributed by atoms with Crippen LogP contribution in [-0.4, -0.2) is 24.1 Å². The fourth-order valence-corrected chi connectivity index (χ4v) is 4.03. The molecule has 3 nitrogen and oxygen atoms in total. The SMILES string of the molecule is CCC1CCN(c2nc3ccccc3s2)C(CN)C1. The van der Waals surface area contributed by atoms with Crippen molar-refractivity contribution in [3.05, 3.63) is 24.3 Å². The summed E-state index contributed by atoms with van der Waals surface area (Å²) >= 11 is 1.79. The van der Waals surface area contributed by atoms with Crippen molar-refractivity contribution in [2.75, 3.05) is 18.0 Å². The molecule has 1 aliphatic rings. The van der Waals surface area contributed by atoms with Crippen molar-refractivity contribution < 1.29 is 0 Å². The molecule has 0 spiro atoms. The number of nitrogens with two attached hydrogens (primary N) is 1. The normalized spacial score (nSPS) is 24.0. The van der Waals surface area contributed by atoms with Crippen LogP contribution in [0.3, 0.4) is 0 Å². The minimum atomic E-state index is 0.458. The summed E-state index contributed by atoms with van der Waals surface area (Å²) in [4.78, 5) is 7.20. The van der Waals surface area contributed by atoms with Crippen molar-refractivity contribution in [2.24, 2.45) is 11.7 Å². The number of nitrogens with zero attached hydrogens (tertiary/aromatic N) is 2. The molecule has 19 heavy (non-hydrogen) atoms. The van der Waals surface area contributed by atoms with E-state index in [2.05, 4.69) is 36.1 Å². The lowest BCUT2D eigenvalue weighted by molar-refractivity contribution is 0.336.